The van der Waals surface area contributed by atoms with Gasteiger partial charge < -0.3 is 15.7 Å². The third kappa shape index (κ3) is 6.52. The summed E-state index contributed by atoms with van der Waals surface area (Å²) in [7, 11) is 0. The molecule has 25 heavy (non-hydrogen) atoms. The van der Waals surface area contributed by atoms with Gasteiger partial charge in [-0.3, -0.25) is 9.59 Å². The van der Waals surface area contributed by atoms with Gasteiger partial charge >= 0.3 is 5.97 Å². The molecule has 2 atom stereocenters. The number of carbonyl (C=O) groups excluding carboxylic acids is 2. The number of carboxylic acids is 1. The van der Waals surface area contributed by atoms with Crippen molar-refractivity contribution in [3.05, 3.63) is 35.6 Å². The van der Waals surface area contributed by atoms with E-state index in [0.717, 1.165) is 18.6 Å². The van der Waals surface area contributed by atoms with E-state index in [1.54, 1.807) is 13.8 Å². The molecule has 0 saturated carbocycles. The summed E-state index contributed by atoms with van der Waals surface area (Å²) in [5.41, 5.74) is 0.223. The van der Waals surface area contributed by atoms with Crippen LogP contribution in [0.15, 0.2) is 24.3 Å². The van der Waals surface area contributed by atoms with Gasteiger partial charge in [-0.2, -0.15) is 0 Å². The lowest BCUT2D eigenvalue weighted by atomic mass is 10.0. The summed E-state index contributed by atoms with van der Waals surface area (Å²) in [5.74, 6) is -2.88. The van der Waals surface area contributed by atoms with E-state index in [4.69, 9.17) is 0 Å². The van der Waals surface area contributed by atoms with Gasteiger partial charge in [0.25, 0.3) is 5.91 Å². The first-order valence-corrected chi connectivity index (χ1v) is 8.35. The smallest absolute Gasteiger partial charge is 0.326 e. The first-order valence-electron chi connectivity index (χ1n) is 8.35. The summed E-state index contributed by atoms with van der Waals surface area (Å²) in [4.78, 5) is 35.9. The molecule has 7 heteroatoms. The summed E-state index contributed by atoms with van der Waals surface area (Å²) < 4.78 is 12.9. The van der Waals surface area contributed by atoms with E-state index < -0.39 is 35.7 Å². The fourth-order valence-electron chi connectivity index (χ4n) is 2.29. The van der Waals surface area contributed by atoms with Gasteiger partial charge in [-0.1, -0.05) is 33.6 Å². The van der Waals surface area contributed by atoms with Crippen molar-refractivity contribution in [2.24, 2.45) is 5.92 Å². The van der Waals surface area contributed by atoms with E-state index in [9.17, 15) is 23.9 Å². The Morgan fingerprint density at radius 2 is 1.72 bits per heavy atom. The van der Waals surface area contributed by atoms with Crippen molar-refractivity contribution in [2.45, 2.75) is 52.1 Å². The van der Waals surface area contributed by atoms with Gasteiger partial charge in [0.2, 0.25) is 5.91 Å². The molecule has 0 aliphatic heterocycles. The molecule has 0 radical (unpaired) electrons. The lowest BCUT2D eigenvalue weighted by Crippen LogP contribution is -2.53. The van der Waals surface area contributed by atoms with Gasteiger partial charge in [0.15, 0.2) is 0 Å². The molecule has 2 amide bonds. The quantitative estimate of drug-likeness (QED) is 0.636. The van der Waals surface area contributed by atoms with Gasteiger partial charge in [-0.25, -0.2) is 9.18 Å². The summed E-state index contributed by atoms with van der Waals surface area (Å²) in [5, 5.41) is 14.3. The van der Waals surface area contributed by atoms with Crippen molar-refractivity contribution in [3.63, 3.8) is 0 Å². The van der Waals surface area contributed by atoms with Crippen molar-refractivity contribution in [2.75, 3.05) is 0 Å². The molecule has 138 valence electrons. The summed E-state index contributed by atoms with van der Waals surface area (Å²) in [6.07, 6.45) is 1.81. The molecule has 0 aromatic heterocycles. The normalized spacial score (nSPS) is 13.2. The van der Waals surface area contributed by atoms with E-state index in [0.29, 0.717) is 12.8 Å². The van der Waals surface area contributed by atoms with Crippen molar-refractivity contribution < 1.29 is 23.9 Å². The Labute approximate surface area is 146 Å². The van der Waals surface area contributed by atoms with Gasteiger partial charge in [0.1, 0.15) is 17.9 Å². The highest BCUT2D eigenvalue weighted by molar-refractivity contribution is 5.98. The zero-order valence-electron chi connectivity index (χ0n) is 14.7. The number of halogens is 1. The minimum atomic E-state index is -1.10. The maximum atomic E-state index is 12.9. The van der Waals surface area contributed by atoms with Gasteiger partial charge in [0.05, 0.1) is 0 Å². The highest BCUT2D eigenvalue weighted by Gasteiger charge is 2.28. The predicted molar refractivity (Wildman–Crippen MR) is 91.6 cm³/mol. The van der Waals surface area contributed by atoms with Crippen molar-refractivity contribution in [1.82, 2.24) is 10.6 Å². The molecule has 3 N–H and O–H groups in total. The first kappa shape index (κ1) is 20.6. The van der Waals surface area contributed by atoms with Crippen molar-refractivity contribution >= 4 is 17.8 Å². The van der Waals surface area contributed by atoms with Crippen LogP contribution in [0, 0.1) is 11.7 Å². The number of aliphatic carboxylic acids is 1. The Morgan fingerprint density at radius 1 is 1.12 bits per heavy atom. The molecule has 0 fully saturated rings. The number of carbonyl (C=O) groups is 3. The average Bonchev–Trinajstić information content (AvgIpc) is 2.56. The summed E-state index contributed by atoms with van der Waals surface area (Å²) >= 11 is 0. The van der Waals surface area contributed by atoms with Crippen LogP contribution in [0.4, 0.5) is 4.39 Å². The van der Waals surface area contributed by atoms with Crippen molar-refractivity contribution in [1.29, 1.82) is 0 Å². The first-order chi connectivity index (χ1) is 11.8. The van der Waals surface area contributed by atoms with E-state index >= 15 is 0 Å². The van der Waals surface area contributed by atoms with Crippen LogP contribution in [0.5, 0.6) is 0 Å². The third-order valence-electron chi connectivity index (χ3n) is 3.80. The van der Waals surface area contributed by atoms with Crippen LogP contribution in [0.3, 0.4) is 0 Å². The van der Waals surface area contributed by atoms with Crippen LogP contribution in [0.1, 0.15) is 50.4 Å². The molecule has 0 heterocycles. The SMILES string of the molecule is CCCC[C@H](NC(=O)C(NC(=O)c1ccc(F)cc1)C(C)C)C(=O)O. The lowest BCUT2D eigenvalue weighted by Gasteiger charge is -2.24. The Morgan fingerprint density at radius 3 is 2.20 bits per heavy atom. The second kappa shape index (κ2) is 9.76. The molecule has 1 aromatic carbocycles. The van der Waals surface area contributed by atoms with Crippen LogP contribution in [0.25, 0.3) is 0 Å². The van der Waals surface area contributed by atoms with Crippen LogP contribution in [0.2, 0.25) is 0 Å². The summed E-state index contributed by atoms with van der Waals surface area (Å²) in [6, 6.07) is 3.08. The molecule has 0 saturated heterocycles. The minimum absolute atomic E-state index is 0.223. The fourth-order valence-corrected chi connectivity index (χ4v) is 2.29. The molecule has 0 aliphatic carbocycles. The molecule has 0 spiro atoms. The number of unbranched alkanes of at least 4 members (excludes halogenated alkanes) is 1. The third-order valence-corrected chi connectivity index (χ3v) is 3.80. The number of nitrogens with one attached hydrogen (secondary N) is 2. The number of benzene rings is 1. The van der Waals surface area contributed by atoms with Crippen LogP contribution in [-0.4, -0.2) is 35.0 Å². The zero-order chi connectivity index (χ0) is 19.0. The van der Waals surface area contributed by atoms with E-state index in [2.05, 4.69) is 10.6 Å². The molecule has 1 rings (SSSR count). The van der Waals surface area contributed by atoms with Gasteiger partial charge in [0, 0.05) is 5.56 Å². The maximum absolute atomic E-state index is 12.9. The highest BCUT2D eigenvalue weighted by atomic mass is 19.1. The van der Waals surface area contributed by atoms with Crippen LogP contribution in [-0.2, 0) is 9.59 Å². The largest absolute Gasteiger partial charge is 0.480 e. The van der Waals surface area contributed by atoms with Crippen LogP contribution < -0.4 is 10.6 Å². The van der Waals surface area contributed by atoms with Gasteiger partial charge in [-0.05, 0) is 36.6 Å². The van der Waals surface area contributed by atoms with E-state index in [1.165, 1.54) is 12.1 Å². The zero-order valence-corrected chi connectivity index (χ0v) is 14.7. The van der Waals surface area contributed by atoms with Crippen LogP contribution >= 0.6 is 0 Å². The number of amides is 2. The molecular weight excluding hydrogens is 327 g/mol. The van der Waals surface area contributed by atoms with E-state index in [1.807, 2.05) is 6.92 Å². The van der Waals surface area contributed by atoms with Crippen molar-refractivity contribution in [3.8, 4) is 0 Å². The number of hydrogen-bond donors (Lipinski definition) is 3. The fraction of sp³-hybridized carbons (Fsp3) is 0.500. The van der Waals surface area contributed by atoms with E-state index in [-0.39, 0.29) is 11.5 Å². The Balaban J connectivity index is 2.80. The second-order valence-corrected chi connectivity index (χ2v) is 6.24. The Bertz CT molecular complexity index is 602. The maximum Gasteiger partial charge on any atom is 0.326 e. The topological polar surface area (TPSA) is 95.5 Å². The van der Waals surface area contributed by atoms with Gasteiger partial charge in [-0.15, -0.1) is 0 Å². The monoisotopic (exact) mass is 352 g/mol. The molecule has 0 aliphatic rings. The molecule has 6 nitrogen and oxygen atoms in total. The highest BCUT2D eigenvalue weighted by Crippen LogP contribution is 2.08. The predicted octanol–water partition coefficient (Wildman–Crippen LogP) is 2.34. The Kier molecular flexibility index (Phi) is 8.04. The number of rotatable bonds is 9. The molecule has 1 aromatic rings. The second-order valence-electron chi connectivity index (χ2n) is 6.24. The number of carboxylic acid groups (broad SMARTS) is 1. The minimum Gasteiger partial charge on any atom is -0.480 e. The average molecular weight is 352 g/mol. The summed E-state index contributed by atoms with van der Waals surface area (Å²) in [6.45, 7) is 5.43. The molecule has 1 unspecified atom stereocenters. The number of hydrogen-bond acceptors (Lipinski definition) is 3. The lowest BCUT2D eigenvalue weighted by molar-refractivity contribution is -0.142. The molecular formula is C18H25FN2O4. The molecule has 0 bridgehead atoms. The standard InChI is InChI=1S/C18H25FN2O4/c1-4-5-6-14(18(24)25)20-17(23)15(11(2)3)21-16(22)12-7-9-13(19)10-8-12/h7-11,14-15H,4-6H2,1-3H3,(H,20,23)(H,21,22)(H,24,25)/t14-,15?/m0/s1. The Hall–Kier alpha value is -2.44.